The lowest BCUT2D eigenvalue weighted by atomic mass is 9.95. The van der Waals surface area contributed by atoms with Gasteiger partial charge in [0, 0.05) is 4.88 Å². The van der Waals surface area contributed by atoms with Gasteiger partial charge in [0.1, 0.15) is 10.8 Å². The third-order valence-electron chi connectivity index (χ3n) is 5.31. The zero-order valence-electron chi connectivity index (χ0n) is 19.1. The van der Waals surface area contributed by atoms with Gasteiger partial charge in [0.15, 0.2) is 6.61 Å². The minimum absolute atomic E-state index is 0.0834. The summed E-state index contributed by atoms with van der Waals surface area (Å²) < 4.78 is 58.3. The minimum atomic E-state index is -5.35. The van der Waals surface area contributed by atoms with Gasteiger partial charge in [-0.15, -0.1) is 11.3 Å². The number of ether oxygens (including phenoxy) is 3. The number of amides is 1. The molecule has 1 atom stereocenters. The van der Waals surface area contributed by atoms with Crippen molar-refractivity contribution >= 4 is 34.2 Å². The summed E-state index contributed by atoms with van der Waals surface area (Å²) >= 11 is 0.919. The van der Waals surface area contributed by atoms with Crippen molar-refractivity contribution in [3.63, 3.8) is 0 Å². The lowest BCUT2D eigenvalue weighted by Gasteiger charge is -2.35. The smallest absolute Gasteiger partial charge is 0.441 e. The molecule has 1 unspecified atom stereocenters. The fourth-order valence-corrected chi connectivity index (χ4v) is 5.02. The number of anilines is 1. The molecule has 8 nitrogen and oxygen atoms in total. The number of esters is 2. The number of thiophene rings is 1. The summed E-state index contributed by atoms with van der Waals surface area (Å²) in [5.41, 5.74) is -3.18. The lowest BCUT2D eigenvalue weighted by Crippen LogP contribution is -2.70. The zero-order chi connectivity index (χ0) is 25.6. The van der Waals surface area contributed by atoms with E-state index in [9.17, 15) is 27.6 Å². The molecule has 0 spiro atoms. The highest BCUT2D eigenvalue weighted by molar-refractivity contribution is 7.16. The van der Waals surface area contributed by atoms with Crippen molar-refractivity contribution in [1.82, 2.24) is 5.32 Å². The van der Waals surface area contributed by atoms with E-state index in [0.29, 0.717) is 18.4 Å². The molecule has 1 aromatic heterocycles. The maximum Gasteiger partial charge on any atom is 0.441 e. The van der Waals surface area contributed by atoms with Crippen LogP contribution in [0.25, 0.3) is 0 Å². The van der Waals surface area contributed by atoms with E-state index in [1.54, 1.807) is 23.5 Å². The maximum atomic E-state index is 14.5. The van der Waals surface area contributed by atoms with Gasteiger partial charge in [0.05, 0.1) is 19.3 Å². The molecule has 0 fully saturated rings. The normalized spacial score (nSPS) is 14.8. The van der Waals surface area contributed by atoms with Crippen LogP contribution in [0.4, 0.5) is 18.2 Å². The van der Waals surface area contributed by atoms with Crippen LogP contribution in [-0.4, -0.2) is 50.0 Å². The van der Waals surface area contributed by atoms with E-state index in [1.165, 1.54) is 19.1 Å². The van der Waals surface area contributed by atoms with Crippen molar-refractivity contribution in [3.05, 3.63) is 46.3 Å². The number of carbonyl (C=O) groups excluding carboxylic acids is 3. The summed E-state index contributed by atoms with van der Waals surface area (Å²) in [5, 5.41) is 3.60. The zero-order valence-corrected chi connectivity index (χ0v) is 19.9. The molecule has 12 heteroatoms. The number of hydrogen-bond acceptors (Lipinski definition) is 8. The second-order valence-corrected chi connectivity index (χ2v) is 8.75. The molecular formula is C23H25F3N2O6S. The number of rotatable bonds is 9. The molecule has 0 aliphatic heterocycles. The molecule has 0 radical (unpaired) electrons. The van der Waals surface area contributed by atoms with Crippen LogP contribution in [-0.2, 0) is 31.9 Å². The number of para-hydroxylation sites is 1. The van der Waals surface area contributed by atoms with E-state index in [0.717, 1.165) is 36.2 Å². The van der Waals surface area contributed by atoms with Crippen LogP contribution in [0, 0.1) is 0 Å². The SMILES string of the molecule is CCOC(=O)C(NC(=O)COc1ccccc1)(Nc1sc2c(c1C(=O)OC)CCCC2)C(F)(F)F. The van der Waals surface area contributed by atoms with Gasteiger partial charge in [-0.1, -0.05) is 18.2 Å². The minimum Gasteiger partial charge on any atom is -0.484 e. The second-order valence-electron chi connectivity index (χ2n) is 7.65. The van der Waals surface area contributed by atoms with Crippen molar-refractivity contribution < 1.29 is 41.8 Å². The first kappa shape index (κ1) is 26.3. The highest BCUT2D eigenvalue weighted by atomic mass is 32.1. The van der Waals surface area contributed by atoms with Crippen molar-refractivity contribution in [2.24, 2.45) is 0 Å². The summed E-state index contributed by atoms with van der Waals surface area (Å²) in [4.78, 5) is 38.6. The van der Waals surface area contributed by atoms with E-state index >= 15 is 0 Å². The van der Waals surface area contributed by atoms with Crippen LogP contribution in [0.15, 0.2) is 30.3 Å². The van der Waals surface area contributed by atoms with Crippen molar-refractivity contribution in [3.8, 4) is 5.75 Å². The van der Waals surface area contributed by atoms with E-state index in [4.69, 9.17) is 14.2 Å². The van der Waals surface area contributed by atoms with E-state index in [1.807, 2.05) is 0 Å². The maximum absolute atomic E-state index is 14.5. The number of fused-ring (bicyclic) bond motifs is 1. The Kier molecular flexibility index (Phi) is 8.26. The first-order valence-electron chi connectivity index (χ1n) is 10.9. The Balaban J connectivity index is 2.00. The number of halogens is 3. The first-order valence-corrected chi connectivity index (χ1v) is 11.7. The molecule has 2 N–H and O–H groups in total. The molecule has 190 valence electrons. The number of nitrogens with one attached hydrogen (secondary N) is 2. The number of alkyl halides is 3. The van der Waals surface area contributed by atoms with Crippen LogP contribution < -0.4 is 15.4 Å². The molecule has 0 bridgehead atoms. The van der Waals surface area contributed by atoms with Crippen LogP contribution in [0.1, 0.15) is 40.6 Å². The predicted molar refractivity (Wildman–Crippen MR) is 121 cm³/mol. The summed E-state index contributed by atoms with van der Waals surface area (Å²) in [6.07, 6.45) is -2.74. The highest BCUT2D eigenvalue weighted by Crippen LogP contribution is 2.42. The van der Waals surface area contributed by atoms with Crippen LogP contribution in [0.5, 0.6) is 5.75 Å². The molecule has 1 amide bonds. The number of methoxy groups -OCH3 is 1. The molecule has 1 heterocycles. The largest absolute Gasteiger partial charge is 0.484 e. The Morgan fingerprint density at radius 2 is 1.77 bits per heavy atom. The Morgan fingerprint density at radius 1 is 1.09 bits per heavy atom. The topological polar surface area (TPSA) is 103 Å². The summed E-state index contributed by atoms with van der Waals surface area (Å²) in [6, 6.07) is 7.99. The van der Waals surface area contributed by atoms with Crippen LogP contribution in [0.3, 0.4) is 0 Å². The molecule has 2 aromatic rings. The average Bonchev–Trinajstić information content (AvgIpc) is 3.19. The van der Waals surface area contributed by atoms with Gasteiger partial charge < -0.3 is 24.8 Å². The van der Waals surface area contributed by atoms with Gasteiger partial charge in [-0.05, 0) is 50.3 Å². The quantitative estimate of drug-likeness (QED) is 0.387. The van der Waals surface area contributed by atoms with Gasteiger partial charge in [0.25, 0.3) is 5.91 Å². The first-order chi connectivity index (χ1) is 16.6. The number of benzene rings is 1. The summed E-state index contributed by atoms with van der Waals surface area (Å²) in [7, 11) is 1.12. The van der Waals surface area contributed by atoms with Gasteiger partial charge in [-0.3, -0.25) is 4.79 Å². The fraction of sp³-hybridized carbons (Fsp3) is 0.435. The molecule has 0 saturated carbocycles. The lowest BCUT2D eigenvalue weighted by molar-refractivity contribution is -0.208. The molecule has 0 saturated heterocycles. The van der Waals surface area contributed by atoms with Crippen molar-refractivity contribution in [2.75, 3.05) is 25.6 Å². The molecule has 1 aliphatic carbocycles. The monoisotopic (exact) mass is 514 g/mol. The average molecular weight is 515 g/mol. The predicted octanol–water partition coefficient (Wildman–Crippen LogP) is 3.84. The Bertz CT molecular complexity index is 1070. The Hall–Kier alpha value is -3.28. The van der Waals surface area contributed by atoms with Crippen molar-refractivity contribution in [1.29, 1.82) is 0 Å². The van der Waals surface area contributed by atoms with E-state index in [-0.39, 0.29) is 22.9 Å². The number of hydrogen-bond donors (Lipinski definition) is 2. The molecule has 35 heavy (non-hydrogen) atoms. The highest BCUT2D eigenvalue weighted by Gasteiger charge is 2.64. The second kappa shape index (κ2) is 11.0. The van der Waals surface area contributed by atoms with Gasteiger partial charge in [0.2, 0.25) is 0 Å². The number of aryl methyl sites for hydroxylation is 1. The third kappa shape index (κ3) is 5.69. The Labute approximate surface area is 203 Å². The number of carbonyl (C=O) groups is 3. The Morgan fingerprint density at radius 3 is 2.40 bits per heavy atom. The van der Waals surface area contributed by atoms with Gasteiger partial charge in [-0.2, -0.15) is 13.2 Å². The van der Waals surface area contributed by atoms with E-state index < -0.39 is 36.3 Å². The standard InChI is InChI=1S/C23H25F3N2O6S/c1-3-33-21(31)22(23(24,25)26,27-17(29)13-34-14-9-5-4-6-10-14)28-19-18(20(30)32-2)15-11-7-8-12-16(15)35-19/h4-6,9-10,28H,3,7-8,11-13H2,1-2H3,(H,27,29). The molecular weight excluding hydrogens is 489 g/mol. The van der Waals surface area contributed by atoms with Crippen LogP contribution in [0.2, 0.25) is 0 Å². The summed E-state index contributed by atoms with van der Waals surface area (Å²) in [5.74, 6) is -3.59. The fourth-order valence-electron chi connectivity index (χ4n) is 3.68. The van der Waals surface area contributed by atoms with Gasteiger partial charge in [-0.25, -0.2) is 9.59 Å². The summed E-state index contributed by atoms with van der Waals surface area (Å²) in [6.45, 7) is 0.163. The molecule has 3 rings (SSSR count). The third-order valence-corrected chi connectivity index (χ3v) is 6.52. The van der Waals surface area contributed by atoms with Crippen molar-refractivity contribution in [2.45, 2.75) is 44.4 Å². The van der Waals surface area contributed by atoms with E-state index in [2.05, 4.69) is 5.32 Å². The van der Waals surface area contributed by atoms with Crippen LogP contribution >= 0.6 is 11.3 Å². The molecule has 1 aliphatic rings. The van der Waals surface area contributed by atoms with Gasteiger partial charge >= 0.3 is 23.8 Å². The molecule has 1 aromatic carbocycles.